The number of anilines is 1. The lowest BCUT2D eigenvalue weighted by molar-refractivity contribution is 0.102. The summed E-state index contributed by atoms with van der Waals surface area (Å²) in [4.78, 5) is 13.9. The number of benzene rings is 2. The normalized spacial score (nSPS) is 11.6. The third kappa shape index (κ3) is 5.75. The van der Waals surface area contributed by atoms with Crippen molar-refractivity contribution in [2.75, 3.05) is 5.32 Å². The minimum atomic E-state index is -3.58. The molecule has 1 aromatic heterocycles. The van der Waals surface area contributed by atoms with Gasteiger partial charge in [-0.15, -0.1) is 11.8 Å². The van der Waals surface area contributed by atoms with Gasteiger partial charge in [0.15, 0.2) is 0 Å². The number of nitrogens with one attached hydrogen (secondary N) is 2. The molecule has 9 heteroatoms. The van der Waals surface area contributed by atoms with Gasteiger partial charge in [-0.1, -0.05) is 17.3 Å². The molecule has 0 aliphatic rings. The molecule has 3 rings (SSSR count). The van der Waals surface area contributed by atoms with Crippen molar-refractivity contribution in [3.63, 3.8) is 0 Å². The molecule has 0 aliphatic heterocycles. The number of nitrogens with zero attached hydrogens (tertiary/aromatic N) is 1. The zero-order valence-electron chi connectivity index (χ0n) is 17.8. The van der Waals surface area contributed by atoms with Crippen LogP contribution in [-0.2, 0) is 15.8 Å². The maximum absolute atomic E-state index is 12.9. The Bertz CT molecular complexity index is 1150. The minimum absolute atomic E-state index is 0.148. The summed E-state index contributed by atoms with van der Waals surface area (Å²) in [5, 5.41) is 6.80. The Morgan fingerprint density at radius 2 is 1.77 bits per heavy atom. The van der Waals surface area contributed by atoms with Crippen molar-refractivity contribution >= 4 is 33.4 Å². The molecule has 0 saturated carbocycles. The van der Waals surface area contributed by atoms with Crippen LogP contribution in [0.3, 0.4) is 0 Å². The van der Waals surface area contributed by atoms with Gasteiger partial charge in [0, 0.05) is 27.9 Å². The van der Waals surface area contributed by atoms with Gasteiger partial charge in [-0.2, -0.15) is 0 Å². The highest BCUT2D eigenvalue weighted by atomic mass is 32.2. The van der Waals surface area contributed by atoms with Gasteiger partial charge in [0.25, 0.3) is 5.91 Å². The number of carbonyl (C=O) groups is 1. The Labute approximate surface area is 186 Å². The smallest absolute Gasteiger partial charge is 0.256 e. The average Bonchev–Trinajstić information content (AvgIpc) is 3.03. The van der Waals surface area contributed by atoms with Crippen molar-refractivity contribution in [3.8, 4) is 0 Å². The molecule has 164 valence electrons. The fourth-order valence-electron chi connectivity index (χ4n) is 2.93. The molecule has 1 heterocycles. The molecular formula is C22H25N3O4S2. The third-order valence-corrected chi connectivity index (χ3v) is 7.27. The third-order valence-electron chi connectivity index (χ3n) is 4.50. The zero-order chi connectivity index (χ0) is 22.6. The van der Waals surface area contributed by atoms with E-state index in [-0.39, 0.29) is 16.8 Å². The highest BCUT2D eigenvalue weighted by Crippen LogP contribution is 2.29. The predicted molar refractivity (Wildman–Crippen MR) is 122 cm³/mol. The van der Waals surface area contributed by atoms with E-state index >= 15 is 0 Å². The fourth-order valence-corrected chi connectivity index (χ4v) is 5.39. The van der Waals surface area contributed by atoms with Gasteiger partial charge < -0.3 is 9.84 Å². The van der Waals surface area contributed by atoms with E-state index in [4.69, 9.17) is 4.52 Å². The first kappa shape index (κ1) is 23.1. The van der Waals surface area contributed by atoms with Gasteiger partial charge in [-0.25, -0.2) is 13.1 Å². The lowest BCUT2D eigenvalue weighted by atomic mass is 10.2. The number of aryl methyl sites for hydroxylation is 2. The molecule has 2 aromatic carbocycles. The molecular weight excluding hydrogens is 434 g/mol. The number of sulfonamides is 1. The first-order chi connectivity index (χ1) is 14.7. The van der Waals surface area contributed by atoms with E-state index in [1.54, 1.807) is 32.0 Å². The molecule has 2 N–H and O–H groups in total. The van der Waals surface area contributed by atoms with Crippen molar-refractivity contribution < 1.29 is 17.7 Å². The second-order valence-corrected chi connectivity index (χ2v) is 10.1. The standard InChI is InChI=1S/C22H25N3O4S2/c1-14(2)25-31(27,28)18-11-9-17(10-12-18)23-22(26)19-7-5-6-8-21(19)30-13-20-15(3)24-29-16(20)4/h5-12,14,25H,13H2,1-4H3,(H,23,26). The number of thioether (sulfide) groups is 1. The molecule has 3 aromatic rings. The van der Waals surface area contributed by atoms with Crippen LogP contribution in [0.2, 0.25) is 0 Å². The van der Waals surface area contributed by atoms with Crippen molar-refractivity contribution in [1.82, 2.24) is 9.88 Å². The van der Waals surface area contributed by atoms with E-state index in [1.807, 2.05) is 32.0 Å². The SMILES string of the molecule is Cc1noc(C)c1CSc1ccccc1C(=O)Nc1ccc(S(=O)(=O)NC(C)C)cc1. The molecule has 0 unspecified atom stereocenters. The highest BCUT2D eigenvalue weighted by Gasteiger charge is 2.17. The molecule has 1 amide bonds. The molecule has 0 spiro atoms. The van der Waals surface area contributed by atoms with E-state index in [0.29, 0.717) is 17.0 Å². The van der Waals surface area contributed by atoms with Crippen LogP contribution in [0.1, 0.15) is 41.2 Å². The fraction of sp³-hybridized carbons (Fsp3) is 0.273. The zero-order valence-corrected chi connectivity index (χ0v) is 19.4. The molecule has 0 radical (unpaired) electrons. The van der Waals surface area contributed by atoms with E-state index in [9.17, 15) is 13.2 Å². The maximum atomic E-state index is 12.9. The number of rotatable bonds is 8. The van der Waals surface area contributed by atoms with Crippen LogP contribution >= 0.6 is 11.8 Å². The highest BCUT2D eigenvalue weighted by molar-refractivity contribution is 7.98. The summed E-state index contributed by atoms with van der Waals surface area (Å²) in [5.74, 6) is 1.15. The summed E-state index contributed by atoms with van der Waals surface area (Å²) in [5.41, 5.74) is 2.91. The van der Waals surface area contributed by atoms with Gasteiger partial charge in [0.2, 0.25) is 10.0 Å². The summed E-state index contributed by atoms with van der Waals surface area (Å²) < 4.78 is 32.2. The van der Waals surface area contributed by atoms with Gasteiger partial charge in [0.05, 0.1) is 16.2 Å². The van der Waals surface area contributed by atoms with Crippen LogP contribution in [0.4, 0.5) is 5.69 Å². The molecule has 31 heavy (non-hydrogen) atoms. The summed E-state index contributed by atoms with van der Waals surface area (Å²) in [6.45, 7) is 7.28. The van der Waals surface area contributed by atoms with Crippen LogP contribution in [0.25, 0.3) is 0 Å². The summed E-state index contributed by atoms with van der Waals surface area (Å²) >= 11 is 1.54. The number of amides is 1. The van der Waals surface area contributed by atoms with Crippen molar-refractivity contribution in [1.29, 1.82) is 0 Å². The number of aromatic nitrogens is 1. The van der Waals surface area contributed by atoms with Crippen LogP contribution in [0.5, 0.6) is 0 Å². The van der Waals surface area contributed by atoms with Crippen LogP contribution in [0, 0.1) is 13.8 Å². The monoisotopic (exact) mass is 459 g/mol. The van der Waals surface area contributed by atoms with E-state index < -0.39 is 10.0 Å². The second-order valence-electron chi connectivity index (χ2n) is 7.34. The van der Waals surface area contributed by atoms with Crippen LogP contribution in [0.15, 0.2) is 62.8 Å². The second kappa shape index (κ2) is 9.67. The summed E-state index contributed by atoms with van der Waals surface area (Å²) in [7, 11) is -3.58. The quantitative estimate of drug-likeness (QED) is 0.480. The van der Waals surface area contributed by atoms with E-state index in [2.05, 4.69) is 15.2 Å². The lowest BCUT2D eigenvalue weighted by Gasteiger charge is -2.12. The Kier molecular flexibility index (Phi) is 7.19. The van der Waals surface area contributed by atoms with Crippen molar-refractivity contribution in [3.05, 3.63) is 71.1 Å². The van der Waals surface area contributed by atoms with Gasteiger partial charge in [-0.3, -0.25) is 4.79 Å². The summed E-state index contributed by atoms with van der Waals surface area (Å²) in [6, 6.07) is 13.2. The molecule has 7 nitrogen and oxygen atoms in total. The first-order valence-corrected chi connectivity index (χ1v) is 12.2. The molecule has 0 atom stereocenters. The predicted octanol–water partition coefficient (Wildman–Crippen LogP) is 4.52. The number of carbonyl (C=O) groups excluding carboxylic acids is 1. The minimum Gasteiger partial charge on any atom is -0.361 e. The summed E-state index contributed by atoms with van der Waals surface area (Å²) in [6.07, 6.45) is 0. The molecule has 0 aliphatic carbocycles. The Morgan fingerprint density at radius 1 is 1.10 bits per heavy atom. The molecule has 0 bridgehead atoms. The maximum Gasteiger partial charge on any atom is 0.256 e. The molecule has 0 saturated heterocycles. The number of hydrogen-bond acceptors (Lipinski definition) is 6. The van der Waals surface area contributed by atoms with Crippen molar-refractivity contribution in [2.45, 2.75) is 49.3 Å². The first-order valence-electron chi connectivity index (χ1n) is 9.74. The Morgan fingerprint density at radius 3 is 2.39 bits per heavy atom. The van der Waals surface area contributed by atoms with Gasteiger partial charge in [-0.05, 0) is 64.1 Å². The average molecular weight is 460 g/mol. The van der Waals surface area contributed by atoms with Crippen LogP contribution < -0.4 is 10.0 Å². The number of hydrogen-bond donors (Lipinski definition) is 2. The van der Waals surface area contributed by atoms with E-state index in [1.165, 1.54) is 23.9 Å². The Balaban J connectivity index is 1.72. The topological polar surface area (TPSA) is 101 Å². The largest absolute Gasteiger partial charge is 0.361 e. The van der Waals surface area contributed by atoms with Crippen LogP contribution in [-0.4, -0.2) is 25.5 Å². The Hall–Kier alpha value is -2.62. The van der Waals surface area contributed by atoms with E-state index in [0.717, 1.165) is 21.9 Å². The molecule has 0 fully saturated rings. The van der Waals surface area contributed by atoms with Gasteiger partial charge >= 0.3 is 0 Å². The van der Waals surface area contributed by atoms with Crippen molar-refractivity contribution in [2.24, 2.45) is 0 Å². The lowest BCUT2D eigenvalue weighted by Crippen LogP contribution is -2.30. The van der Waals surface area contributed by atoms with Gasteiger partial charge in [0.1, 0.15) is 5.76 Å².